The molecule has 0 bridgehead atoms. The van der Waals surface area contributed by atoms with Crippen molar-refractivity contribution >= 4 is 11.4 Å². The standard InChI is InChI=1S/C19H18N6O2/c1-11-4-3-5-13-8-15(23-25(11)13)17-16-14(20-9-21-16)6-7-24(17)19(26)18-12(2)22-10-27-18/h3-5,8-10,17H,6-7H2,1-2H3,(H,20,21)/t17-/m1/s1. The molecule has 0 saturated carbocycles. The molecule has 0 aromatic carbocycles. The summed E-state index contributed by atoms with van der Waals surface area (Å²) in [5.41, 5.74) is 5.23. The maximum absolute atomic E-state index is 13.2. The Morgan fingerprint density at radius 2 is 2.19 bits per heavy atom. The molecule has 0 unspecified atom stereocenters. The number of nitrogens with zero attached hydrogens (tertiary/aromatic N) is 5. The summed E-state index contributed by atoms with van der Waals surface area (Å²) in [6.07, 6.45) is 3.68. The van der Waals surface area contributed by atoms with Gasteiger partial charge < -0.3 is 14.3 Å². The summed E-state index contributed by atoms with van der Waals surface area (Å²) in [5.74, 6) is 0.0661. The van der Waals surface area contributed by atoms with Crippen LogP contribution in [0.5, 0.6) is 0 Å². The first-order valence-electron chi connectivity index (χ1n) is 8.82. The third-order valence-corrected chi connectivity index (χ3v) is 5.10. The van der Waals surface area contributed by atoms with Crippen LogP contribution in [-0.2, 0) is 6.42 Å². The number of hydrogen-bond acceptors (Lipinski definition) is 5. The zero-order chi connectivity index (χ0) is 18.5. The molecular formula is C19H18N6O2. The number of carbonyl (C=O) groups excluding carboxylic acids is 1. The summed E-state index contributed by atoms with van der Waals surface area (Å²) in [6.45, 7) is 4.32. The summed E-state index contributed by atoms with van der Waals surface area (Å²) >= 11 is 0. The van der Waals surface area contributed by atoms with Crippen LogP contribution in [0.1, 0.15) is 45.1 Å². The Labute approximate surface area is 154 Å². The van der Waals surface area contributed by atoms with E-state index in [1.54, 1.807) is 18.2 Å². The van der Waals surface area contributed by atoms with Crippen LogP contribution in [0.3, 0.4) is 0 Å². The molecule has 8 heteroatoms. The number of aromatic amines is 1. The van der Waals surface area contributed by atoms with Crippen molar-refractivity contribution in [2.24, 2.45) is 0 Å². The minimum Gasteiger partial charge on any atom is -0.438 e. The minimum absolute atomic E-state index is 0.197. The van der Waals surface area contributed by atoms with Crippen LogP contribution in [0.4, 0.5) is 0 Å². The van der Waals surface area contributed by atoms with Gasteiger partial charge in [0.05, 0.1) is 28.9 Å². The average Bonchev–Trinajstić information content (AvgIpc) is 3.39. The zero-order valence-corrected chi connectivity index (χ0v) is 15.0. The van der Waals surface area contributed by atoms with Crippen molar-refractivity contribution in [1.82, 2.24) is 29.5 Å². The molecule has 1 N–H and O–H groups in total. The number of nitrogens with one attached hydrogen (secondary N) is 1. The van der Waals surface area contributed by atoms with Gasteiger partial charge in [0, 0.05) is 24.4 Å². The molecule has 0 saturated heterocycles. The first kappa shape index (κ1) is 15.8. The van der Waals surface area contributed by atoms with Gasteiger partial charge in [0.25, 0.3) is 5.91 Å². The van der Waals surface area contributed by atoms with E-state index in [0.717, 1.165) is 28.3 Å². The highest BCUT2D eigenvalue weighted by Crippen LogP contribution is 2.34. The van der Waals surface area contributed by atoms with Crippen molar-refractivity contribution in [2.75, 3.05) is 6.54 Å². The lowest BCUT2D eigenvalue weighted by Crippen LogP contribution is -2.41. The quantitative estimate of drug-likeness (QED) is 0.591. The van der Waals surface area contributed by atoms with E-state index in [0.29, 0.717) is 18.7 Å². The minimum atomic E-state index is -0.378. The molecule has 4 aromatic rings. The summed E-state index contributed by atoms with van der Waals surface area (Å²) in [5, 5.41) is 4.77. The highest BCUT2D eigenvalue weighted by Gasteiger charge is 2.37. The SMILES string of the molecule is Cc1ncoc1C(=O)N1CCc2[nH]cnc2[C@H]1c1cc2cccc(C)n2n1. The maximum Gasteiger partial charge on any atom is 0.292 e. The van der Waals surface area contributed by atoms with Crippen molar-refractivity contribution in [3.05, 3.63) is 71.2 Å². The fourth-order valence-electron chi connectivity index (χ4n) is 3.74. The highest BCUT2D eigenvalue weighted by atomic mass is 16.3. The Morgan fingerprint density at radius 3 is 2.96 bits per heavy atom. The van der Waals surface area contributed by atoms with Crippen LogP contribution in [0, 0.1) is 13.8 Å². The molecule has 136 valence electrons. The fourth-order valence-corrected chi connectivity index (χ4v) is 3.74. The Bertz CT molecular complexity index is 1150. The normalized spacial score (nSPS) is 16.7. The van der Waals surface area contributed by atoms with Crippen LogP contribution in [-0.4, -0.2) is 41.9 Å². The molecule has 0 radical (unpaired) electrons. The third kappa shape index (κ3) is 2.37. The van der Waals surface area contributed by atoms with Crippen LogP contribution in [0.15, 0.2) is 41.4 Å². The first-order chi connectivity index (χ1) is 13.1. The Kier molecular flexibility index (Phi) is 3.40. The molecule has 0 spiro atoms. The van der Waals surface area contributed by atoms with Gasteiger partial charge in [-0.05, 0) is 32.0 Å². The topological polar surface area (TPSA) is 92.3 Å². The largest absolute Gasteiger partial charge is 0.438 e. The molecule has 1 atom stereocenters. The molecule has 5 heterocycles. The first-order valence-corrected chi connectivity index (χ1v) is 8.82. The molecule has 0 aliphatic carbocycles. The second-order valence-electron chi connectivity index (χ2n) is 6.76. The summed E-state index contributed by atoms with van der Waals surface area (Å²) in [4.78, 5) is 26.7. The van der Waals surface area contributed by atoms with E-state index in [1.807, 2.05) is 35.7 Å². The summed E-state index contributed by atoms with van der Waals surface area (Å²) in [6, 6.07) is 7.64. The van der Waals surface area contributed by atoms with Crippen LogP contribution in [0.2, 0.25) is 0 Å². The number of fused-ring (bicyclic) bond motifs is 2. The number of pyridine rings is 1. The number of imidazole rings is 1. The van der Waals surface area contributed by atoms with E-state index < -0.39 is 0 Å². The van der Waals surface area contributed by atoms with Crippen LogP contribution in [0.25, 0.3) is 5.52 Å². The third-order valence-electron chi connectivity index (χ3n) is 5.10. The van der Waals surface area contributed by atoms with E-state index in [4.69, 9.17) is 9.52 Å². The van der Waals surface area contributed by atoms with Crippen LogP contribution >= 0.6 is 0 Å². The van der Waals surface area contributed by atoms with Crippen molar-refractivity contribution in [2.45, 2.75) is 26.3 Å². The molecule has 4 aromatic heterocycles. The molecule has 1 aliphatic rings. The van der Waals surface area contributed by atoms with E-state index in [-0.39, 0.29) is 17.7 Å². The van der Waals surface area contributed by atoms with Gasteiger partial charge in [-0.1, -0.05) is 6.07 Å². The molecule has 0 fully saturated rings. The maximum atomic E-state index is 13.2. The Hall–Kier alpha value is -3.42. The number of oxazole rings is 1. The second kappa shape index (κ2) is 5.80. The van der Waals surface area contributed by atoms with Gasteiger partial charge in [0.15, 0.2) is 6.39 Å². The smallest absolute Gasteiger partial charge is 0.292 e. The predicted molar refractivity (Wildman–Crippen MR) is 96.3 cm³/mol. The van der Waals surface area contributed by atoms with Gasteiger partial charge >= 0.3 is 0 Å². The lowest BCUT2D eigenvalue weighted by Gasteiger charge is -2.33. The number of amides is 1. The predicted octanol–water partition coefficient (Wildman–Crippen LogP) is 2.45. The second-order valence-corrected chi connectivity index (χ2v) is 6.76. The monoisotopic (exact) mass is 362 g/mol. The van der Waals surface area contributed by atoms with Gasteiger partial charge in [-0.3, -0.25) is 4.79 Å². The molecule has 5 rings (SSSR count). The average molecular weight is 362 g/mol. The number of rotatable bonds is 2. The molecular weight excluding hydrogens is 344 g/mol. The number of hydrogen-bond donors (Lipinski definition) is 1. The van der Waals surface area contributed by atoms with Gasteiger partial charge in [0.1, 0.15) is 6.04 Å². The molecule has 27 heavy (non-hydrogen) atoms. The van der Waals surface area contributed by atoms with Gasteiger partial charge in [-0.15, -0.1) is 0 Å². The number of carbonyl (C=O) groups is 1. The Balaban J connectivity index is 1.66. The van der Waals surface area contributed by atoms with E-state index in [2.05, 4.69) is 15.0 Å². The van der Waals surface area contributed by atoms with Crippen LogP contribution < -0.4 is 0 Å². The van der Waals surface area contributed by atoms with E-state index in [9.17, 15) is 4.79 Å². The Morgan fingerprint density at radius 1 is 1.30 bits per heavy atom. The molecule has 1 aliphatic heterocycles. The lowest BCUT2D eigenvalue weighted by molar-refractivity contribution is 0.0653. The van der Waals surface area contributed by atoms with Crippen molar-refractivity contribution < 1.29 is 9.21 Å². The van der Waals surface area contributed by atoms with Crippen molar-refractivity contribution in [1.29, 1.82) is 0 Å². The van der Waals surface area contributed by atoms with Gasteiger partial charge in [-0.2, -0.15) is 5.10 Å². The summed E-state index contributed by atoms with van der Waals surface area (Å²) < 4.78 is 7.24. The number of H-pyrrole nitrogens is 1. The van der Waals surface area contributed by atoms with Gasteiger partial charge in [-0.25, -0.2) is 14.5 Å². The highest BCUT2D eigenvalue weighted by molar-refractivity contribution is 5.93. The zero-order valence-electron chi connectivity index (χ0n) is 15.0. The lowest BCUT2D eigenvalue weighted by atomic mass is 9.99. The van der Waals surface area contributed by atoms with Crippen molar-refractivity contribution in [3.63, 3.8) is 0 Å². The van der Waals surface area contributed by atoms with Gasteiger partial charge in [0.2, 0.25) is 5.76 Å². The van der Waals surface area contributed by atoms with E-state index >= 15 is 0 Å². The number of aryl methyl sites for hydroxylation is 2. The van der Waals surface area contributed by atoms with Crippen molar-refractivity contribution in [3.8, 4) is 0 Å². The van der Waals surface area contributed by atoms with E-state index in [1.165, 1.54) is 6.39 Å². The summed E-state index contributed by atoms with van der Waals surface area (Å²) in [7, 11) is 0. The fraction of sp³-hybridized carbons (Fsp3) is 0.263. The molecule has 8 nitrogen and oxygen atoms in total. The molecule has 1 amide bonds. The number of aromatic nitrogens is 5.